The summed E-state index contributed by atoms with van der Waals surface area (Å²) in [6.07, 6.45) is 1.22. The summed E-state index contributed by atoms with van der Waals surface area (Å²) in [5, 5.41) is 9.26. The summed E-state index contributed by atoms with van der Waals surface area (Å²) in [6.45, 7) is 0. The van der Waals surface area contributed by atoms with Gasteiger partial charge in [0.15, 0.2) is 5.82 Å². The average molecular weight is 242 g/mol. The highest BCUT2D eigenvalue weighted by Crippen LogP contribution is 2.13. The Labute approximate surface area is 90.6 Å². The van der Waals surface area contributed by atoms with E-state index in [1.165, 1.54) is 6.20 Å². The molecule has 0 fully saturated rings. The number of nitrogens with zero attached hydrogens (tertiary/aromatic N) is 2. The van der Waals surface area contributed by atoms with Gasteiger partial charge in [-0.05, 0) is 24.3 Å². The molecule has 0 bridgehead atoms. The summed E-state index contributed by atoms with van der Waals surface area (Å²) in [6, 6.07) is 4.46. The van der Waals surface area contributed by atoms with Crippen LogP contribution < -0.4 is 4.72 Å². The second-order valence-corrected chi connectivity index (χ2v) is 4.60. The summed E-state index contributed by atoms with van der Waals surface area (Å²) in [4.78, 5) is -0.0445. The molecule has 16 heavy (non-hydrogen) atoms. The highest BCUT2D eigenvalue weighted by molar-refractivity contribution is 7.92. The van der Waals surface area contributed by atoms with Gasteiger partial charge in [0.05, 0.1) is 11.1 Å². The van der Waals surface area contributed by atoms with Crippen LogP contribution in [0.1, 0.15) is 0 Å². The fourth-order valence-electron chi connectivity index (χ4n) is 1.06. The zero-order valence-corrected chi connectivity index (χ0v) is 8.70. The highest BCUT2D eigenvalue weighted by atomic mass is 32.2. The molecule has 0 atom stereocenters. The zero-order chi connectivity index (χ0) is 11.6. The highest BCUT2D eigenvalue weighted by Gasteiger charge is 2.14. The van der Waals surface area contributed by atoms with Crippen molar-refractivity contribution < 1.29 is 12.8 Å². The van der Waals surface area contributed by atoms with Crippen molar-refractivity contribution in [1.82, 2.24) is 15.4 Å². The number of anilines is 1. The van der Waals surface area contributed by atoms with Gasteiger partial charge in [-0.2, -0.15) is 10.3 Å². The lowest BCUT2D eigenvalue weighted by Crippen LogP contribution is -2.13. The first kappa shape index (κ1) is 10.6. The molecule has 2 rings (SSSR count). The molecule has 0 saturated heterocycles. The van der Waals surface area contributed by atoms with Crippen LogP contribution in [-0.2, 0) is 10.0 Å². The minimum absolute atomic E-state index is 0.0445. The van der Waals surface area contributed by atoms with Gasteiger partial charge in [0.1, 0.15) is 5.82 Å². The Kier molecular flexibility index (Phi) is 2.57. The lowest BCUT2D eigenvalue weighted by atomic mass is 10.4. The van der Waals surface area contributed by atoms with E-state index in [1.807, 2.05) is 0 Å². The molecule has 6 nitrogen and oxygen atoms in total. The molecule has 8 heteroatoms. The molecule has 2 aromatic rings. The smallest absolute Gasteiger partial charge is 0.261 e. The summed E-state index contributed by atoms with van der Waals surface area (Å²) < 4.78 is 38.2. The molecule has 0 radical (unpaired) electrons. The maximum Gasteiger partial charge on any atom is 0.263 e. The molecule has 1 aromatic carbocycles. The first-order valence-corrected chi connectivity index (χ1v) is 5.70. The Bertz CT molecular complexity index is 565. The molecule has 1 heterocycles. The van der Waals surface area contributed by atoms with Gasteiger partial charge in [-0.3, -0.25) is 4.72 Å². The van der Waals surface area contributed by atoms with Gasteiger partial charge >= 0.3 is 0 Å². The van der Waals surface area contributed by atoms with E-state index in [9.17, 15) is 12.8 Å². The first-order chi connectivity index (χ1) is 7.58. The molecule has 0 aliphatic carbocycles. The van der Waals surface area contributed by atoms with Crippen molar-refractivity contribution in [1.29, 1.82) is 0 Å². The second kappa shape index (κ2) is 3.89. The minimum Gasteiger partial charge on any atom is -0.261 e. The monoisotopic (exact) mass is 242 g/mol. The van der Waals surface area contributed by atoms with Gasteiger partial charge < -0.3 is 0 Å². The third kappa shape index (κ3) is 2.16. The number of aromatic nitrogens is 3. The number of hydrogen-bond donors (Lipinski definition) is 2. The topological polar surface area (TPSA) is 87.7 Å². The fourth-order valence-corrected chi connectivity index (χ4v) is 2.05. The summed E-state index contributed by atoms with van der Waals surface area (Å²) >= 11 is 0. The van der Waals surface area contributed by atoms with Gasteiger partial charge in [0.25, 0.3) is 10.0 Å². The average Bonchev–Trinajstić information content (AvgIpc) is 2.70. The standard InChI is InChI=1S/C8H7FN4O2S/c9-6-1-3-7(4-2-6)16(14,15)12-8-5-10-13-11-8/h1-5H,(H2,10,11,12,13). The van der Waals surface area contributed by atoms with Crippen LogP contribution in [0.2, 0.25) is 0 Å². The maximum atomic E-state index is 12.6. The van der Waals surface area contributed by atoms with Crippen LogP contribution in [0.15, 0.2) is 35.4 Å². The van der Waals surface area contributed by atoms with Gasteiger partial charge in [-0.15, -0.1) is 5.10 Å². The van der Waals surface area contributed by atoms with Gasteiger partial charge in [0.2, 0.25) is 0 Å². The van der Waals surface area contributed by atoms with Crippen molar-refractivity contribution in [2.45, 2.75) is 4.90 Å². The predicted octanol–water partition coefficient (Wildman–Crippen LogP) is 0.745. The molecule has 0 spiro atoms. The van der Waals surface area contributed by atoms with Gasteiger partial charge in [-0.1, -0.05) is 0 Å². The van der Waals surface area contributed by atoms with E-state index in [1.54, 1.807) is 0 Å². The fraction of sp³-hybridized carbons (Fsp3) is 0. The van der Waals surface area contributed by atoms with Crippen molar-refractivity contribution in [2.75, 3.05) is 4.72 Å². The number of benzene rings is 1. The van der Waals surface area contributed by atoms with Crippen LogP contribution >= 0.6 is 0 Å². The van der Waals surface area contributed by atoms with E-state index in [0.717, 1.165) is 24.3 Å². The van der Waals surface area contributed by atoms with Crippen LogP contribution in [-0.4, -0.2) is 23.8 Å². The molecule has 84 valence electrons. The molecular formula is C8H7FN4O2S. The van der Waals surface area contributed by atoms with E-state index in [4.69, 9.17) is 0 Å². The largest absolute Gasteiger partial charge is 0.263 e. The predicted molar refractivity (Wildman–Crippen MR) is 53.6 cm³/mol. The Balaban J connectivity index is 2.29. The summed E-state index contributed by atoms with van der Waals surface area (Å²) in [5.74, 6) is -0.426. The van der Waals surface area contributed by atoms with E-state index in [2.05, 4.69) is 20.1 Å². The number of rotatable bonds is 3. The van der Waals surface area contributed by atoms with Crippen LogP contribution in [0, 0.1) is 5.82 Å². The van der Waals surface area contributed by atoms with Crippen molar-refractivity contribution >= 4 is 15.8 Å². The van der Waals surface area contributed by atoms with Crippen molar-refractivity contribution in [3.05, 3.63) is 36.3 Å². The number of halogens is 1. The van der Waals surface area contributed by atoms with E-state index < -0.39 is 15.8 Å². The SMILES string of the molecule is O=S(=O)(Nc1cn[nH]n1)c1ccc(F)cc1. The Morgan fingerprint density at radius 3 is 2.50 bits per heavy atom. The van der Waals surface area contributed by atoms with Crippen molar-refractivity contribution in [3.8, 4) is 0 Å². The number of hydrogen-bond acceptors (Lipinski definition) is 4. The third-order valence-corrected chi connectivity index (χ3v) is 3.15. The van der Waals surface area contributed by atoms with Crippen LogP contribution in [0.25, 0.3) is 0 Å². The van der Waals surface area contributed by atoms with E-state index in [-0.39, 0.29) is 10.7 Å². The van der Waals surface area contributed by atoms with Crippen molar-refractivity contribution in [3.63, 3.8) is 0 Å². The molecule has 2 N–H and O–H groups in total. The Hall–Kier alpha value is -1.96. The van der Waals surface area contributed by atoms with E-state index in [0.29, 0.717) is 0 Å². The van der Waals surface area contributed by atoms with Gasteiger partial charge in [-0.25, -0.2) is 12.8 Å². The Morgan fingerprint density at radius 2 is 1.94 bits per heavy atom. The molecule has 0 saturated carbocycles. The number of H-pyrrole nitrogens is 1. The number of aromatic amines is 1. The molecular weight excluding hydrogens is 235 g/mol. The van der Waals surface area contributed by atoms with Gasteiger partial charge in [0, 0.05) is 0 Å². The number of nitrogens with one attached hydrogen (secondary N) is 2. The molecule has 0 unspecified atom stereocenters. The van der Waals surface area contributed by atoms with E-state index >= 15 is 0 Å². The third-order valence-electron chi connectivity index (χ3n) is 1.78. The minimum atomic E-state index is -3.74. The van der Waals surface area contributed by atoms with Crippen LogP contribution in [0.3, 0.4) is 0 Å². The second-order valence-electron chi connectivity index (χ2n) is 2.91. The molecule has 1 aromatic heterocycles. The lowest BCUT2D eigenvalue weighted by molar-refractivity contribution is 0.599. The lowest BCUT2D eigenvalue weighted by Gasteiger charge is -2.03. The normalized spacial score (nSPS) is 11.3. The maximum absolute atomic E-state index is 12.6. The summed E-state index contributed by atoms with van der Waals surface area (Å²) in [5.41, 5.74) is 0. The van der Waals surface area contributed by atoms with Crippen LogP contribution in [0.4, 0.5) is 10.2 Å². The first-order valence-electron chi connectivity index (χ1n) is 4.22. The molecule has 0 aliphatic heterocycles. The molecule has 0 amide bonds. The summed E-state index contributed by atoms with van der Waals surface area (Å²) in [7, 11) is -3.74. The zero-order valence-electron chi connectivity index (χ0n) is 7.88. The Morgan fingerprint density at radius 1 is 1.25 bits per heavy atom. The number of sulfonamides is 1. The van der Waals surface area contributed by atoms with Crippen molar-refractivity contribution in [2.24, 2.45) is 0 Å². The van der Waals surface area contributed by atoms with Crippen LogP contribution in [0.5, 0.6) is 0 Å². The molecule has 0 aliphatic rings. The quantitative estimate of drug-likeness (QED) is 0.831.